The summed E-state index contributed by atoms with van der Waals surface area (Å²) < 4.78 is 17.7. The number of furan rings is 2. The number of para-hydroxylation sites is 4. The molecule has 0 fully saturated rings. The SMILES string of the molecule is c1ccc(-n2c3ccccc3c3cc(-c4ccc5oc6ccc(-c7ccccc7-c7ccc8oc9ccc(-c%10ccc%11c(c%10)c%10ccccc%10n%11-c%10ccccc%10)cc9c8c7)cc6c5c4)ccc32)cc1. The molecule has 0 unspecified atom stereocenters. The largest absolute Gasteiger partial charge is 0.456 e. The Morgan fingerprint density at radius 3 is 0.929 bits per heavy atom. The van der Waals surface area contributed by atoms with Gasteiger partial charge in [0.25, 0.3) is 0 Å². The Kier molecular flexibility index (Phi) is 8.33. The molecule has 0 aliphatic carbocycles. The monoisotopic (exact) mass is 892 g/mol. The number of aromatic nitrogens is 2. The topological polar surface area (TPSA) is 36.1 Å². The predicted molar refractivity (Wildman–Crippen MR) is 291 cm³/mol. The standard InChI is InChI=1S/C66H40N2O2/c1-3-13-47(14-4-1)67-59-21-11-9-19-51(59)53-35-41(23-29-61(53)67)43-25-31-63-55(37-43)57-39-45(27-33-65(57)69-63)49-17-7-8-18-50(49)46-28-34-66-58(40-46)56-38-44(26-32-64(56)70-66)42-24-30-62-54(36-42)52-20-10-12-22-60(52)68(62)48-15-5-2-6-16-48/h1-40H. The maximum absolute atomic E-state index is 6.50. The van der Waals surface area contributed by atoms with E-state index in [1.807, 2.05) is 0 Å². The summed E-state index contributed by atoms with van der Waals surface area (Å²) in [5, 5.41) is 9.33. The van der Waals surface area contributed by atoms with Crippen LogP contribution in [0.2, 0.25) is 0 Å². The van der Waals surface area contributed by atoms with Crippen molar-refractivity contribution in [3.63, 3.8) is 0 Å². The van der Waals surface area contributed by atoms with Gasteiger partial charge in [0, 0.05) is 54.5 Å². The van der Waals surface area contributed by atoms with Crippen molar-refractivity contribution < 1.29 is 8.83 Å². The van der Waals surface area contributed by atoms with Crippen molar-refractivity contribution >= 4 is 87.5 Å². The minimum Gasteiger partial charge on any atom is -0.456 e. The van der Waals surface area contributed by atoms with Crippen molar-refractivity contribution in [1.29, 1.82) is 0 Å². The van der Waals surface area contributed by atoms with Crippen LogP contribution in [0.15, 0.2) is 251 Å². The first-order valence-electron chi connectivity index (χ1n) is 23.9. The van der Waals surface area contributed by atoms with Crippen molar-refractivity contribution in [2.24, 2.45) is 0 Å². The van der Waals surface area contributed by atoms with Crippen LogP contribution in [0.1, 0.15) is 0 Å². The highest BCUT2D eigenvalue weighted by atomic mass is 16.3. The fraction of sp³-hybridized carbons (Fsp3) is 0. The minimum absolute atomic E-state index is 0.873. The van der Waals surface area contributed by atoms with E-state index < -0.39 is 0 Å². The molecule has 4 heterocycles. The third kappa shape index (κ3) is 5.90. The Balaban J connectivity index is 0.807. The molecule has 326 valence electrons. The van der Waals surface area contributed by atoms with Gasteiger partial charge in [0.2, 0.25) is 0 Å². The fourth-order valence-electron chi connectivity index (χ4n) is 11.3. The number of fused-ring (bicyclic) bond motifs is 12. The molecule has 4 nitrogen and oxygen atoms in total. The molecule has 0 saturated carbocycles. The summed E-state index contributed by atoms with van der Waals surface area (Å²) in [6, 6.07) is 87.5. The number of hydrogen-bond donors (Lipinski definition) is 0. The molecule has 0 amide bonds. The molecule has 0 radical (unpaired) electrons. The lowest BCUT2D eigenvalue weighted by molar-refractivity contribution is 0.668. The third-order valence-electron chi connectivity index (χ3n) is 14.5. The van der Waals surface area contributed by atoms with Crippen LogP contribution in [0.5, 0.6) is 0 Å². The summed E-state index contributed by atoms with van der Waals surface area (Å²) in [4.78, 5) is 0. The molecule has 4 heteroatoms. The maximum Gasteiger partial charge on any atom is 0.135 e. The van der Waals surface area contributed by atoms with E-state index in [0.717, 1.165) is 88.6 Å². The van der Waals surface area contributed by atoms with E-state index in [4.69, 9.17) is 8.83 Å². The van der Waals surface area contributed by atoms with Crippen LogP contribution < -0.4 is 0 Å². The van der Waals surface area contributed by atoms with Gasteiger partial charge in [0.15, 0.2) is 0 Å². The lowest BCUT2D eigenvalue weighted by Crippen LogP contribution is -1.92. The van der Waals surface area contributed by atoms with Crippen molar-refractivity contribution in [3.05, 3.63) is 243 Å². The van der Waals surface area contributed by atoms with Gasteiger partial charge in [-0.1, -0.05) is 133 Å². The fourth-order valence-corrected chi connectivity index (χ4v) is 11.3. The van der Waals surface area contributed by atoms with Gasteiger partial charge in [-0.05, 0) is 154 Å². The molecule has 0 atom stereocenters. The van der Waals surface area contributed by atoms with Crippen molar-refractivity contribution in [2.45, 2.75) is 0 Å². The van der Waals surface area contributed by atoms with E-state index in [0.29, 0.717) is 0 Å². The van der Waals surface area contributed by atoms with Crippen LogP contribution in [0.25, 0.3) is 143 Å². The maximum atomic E-state index is 6.50. The molecular weight excluding hydrogens is 853 g/mol. The second kappa shape index (κ2) is 15.1. The smallest absolute Gasteiger partial charge is 0.135 e. The number of nitrogens with zero attached hydrogens (tertiary/aromatic N) is 2. The number of benzene rings is 11. The average Bonchev–Trinajstić information content (AvgIpc) is 4.18. The summed E-state index contributed by atoms with van der Waals surface area (Å²) in [6.07, 6.45) is 0. The van der Waals surface area contributed by atoms with E-state index in [1.54, 1.807) is 0 Å². The van der Waals surface area contributed by atoms with Gasteiger partial charge in [-0.15, -0.1) is 0 Å². The molecule has 11 aromatic carbocycles. The van der Waals surface area contributed by atoms with Gasteiger partial charge in [-0.2, -0.15) is 0 Å². The zero-order valence-corrected chi connectivity index (χ0v) is 37.8. The minimum atomic E-state index is 0.873. The van der Waals surface area contributed by atoms with Crippen LogP contribution in [0.3, 0.4) is 0 Å². The van der Waals surface area contributed by atoms with E-state index in [2.05, 4.69) is 252 Å². The highest BCUT2D eigenvalue weighted by Crippen LogP contribution is 2.42. The van der Waals surface area contributed by atoms with Gasteiger partial charge >= 0.3 is 0 Å². The normalized spacial score (nSPS) is 12.0. The van der Waals surface area contributed by atoms with Crippen LogP contribution in [-0.2, 0) is 0 Å². The van der Waals surface area contributed by atoms with Gasteiger partial charge in [0.05, 0.1) is 22.1 Å². The Morgan fingerprint density at radius 1 is 0.214 bits per heavy atom. The van der Waals surface area contributed by atoms with Crippen molar-refractivity contribution in [2.75, 3.05) is 0 Å². The second-order valence-corrected chi connectivity index (χ2v) is 18.4. The molecule has 0 spiro atoms. The average molecular weight is 893 g/mol. The molecule has 15 aromatic rings. The lowest BCUT2D eigenvalue weighted by Gasteiger charge is -2.11. The lowest BCUT2D eigenvalue weighted by atomic mass is 9.92. The Morgan fingerprint density at radius 2 is 0.514 bits per heavy atom. The zero-order chi connectivity index (χ0) is 45.9. The number of hydrogen-bond acceptors (Lipinski definition) is 2. The first-order valence-corrected chi connectivity index (χ1v) is 23.9. The Hall–Kier alpha value is -9.38. The summed E-state index contributed by atoms with van der Waals surface area (Å²) in [5.74, 6) is 0. The third-order valence-corrected chi connectivity index (χ3v) is 14.5. The van der Waals surface area contributed by atoms with Gasteiger partial charge in [-0.3, -0.25) is 0 Å². The molecule has 4 aromatic heterocycles. The molecule has 15 rings (SSSR count). The first-order chi connectivity index (χ1) is 34.7. The highest BCUT2D eigenvalue weighted by molar-refractivity contribution is 6.14. The van der Waals surface area contributed by atoms with Crippen LogP contribution >= 0.6 is 0 Å². The van der Waals surface area contributed by atoms with Crippen molar-refractivity contribution in [1.82, 2.24) is 9.13 Å². The summed E-state index contributed by atoms with van der Waals surface area (Å²) >= 11 is 0. The summed E-state index contributed by atoms with van der Waals surface area (Å²) in [6.45, 7) is 0. The van der Waals surface area contributed by atoms with E-state index in [9.17, 15) is 0 Å². The molecule has 0 bridgehead atoms. The summed E-state index contributed by atoms with van der Waals surface area (Å²) in [5.41, 5.74) is 19.8. The molecular formula is C66H40N2O2. The molecule has 0 aliphatic rings. The Bertz CT molecular complexity index is 4290. The molecule has 0 saturated heterocycles. The van der Waals surface area contributed by atoms with E-state index in [-0.39, 0.29) is 0 Å². The van der Waals surface area contributed by atoms with Crippen molar-refractivity contribution in [3.8, 4) is 55.9 Å². The van der Waals surface area contributed by atoms with E-state index >= 15 is 0 Å². The summed E-state index contributed by atoms with van der Waals surface area (Å²) in [7, 11) is 0. The van der Waals surface area contributed by atoms with Crippen LogP contribution in [-0.4, -0.2) is 9.13 Å². The predicted octanol–water partition coefficient (Wildman–Crippen LogP) is 18.3. The second-order valence-electron chi connectivity index (χ2n) is 18.4. The van der Waals surface area contributed by atoms with E-state index in [1.165, 1.54) is 54.7 Å². The number of rotatable bonds is 6. The highest BCUT2D eigenvalue weighted by Gasteiger charge is 2.18. The molecule has 70 heavy (non-hydrogen) atoms. The van der Waals surface area contributed by atoms with Gasteiger partial charge in [0.1, 0.15) is 22.3 Å². The quantitative estimate of drug-likeness (QED) is 0.167. The van der Waals surface area contributed by atoms with Crippen LogP contribution in [0, 0.1) is 0 Å². The Labute approximate surface area is 402 Å². The first kappa shape index (κ1) is 38.7. The molecule has 0 N–H and O–H groups in total. The van der Waals surface area contributed by atoms with Gasteiger partial charge < -0.3 is 18.0 Å². The van der Waals surface area contributed by atoms with Gasteiger partial charge in [-0.25, -0.2) is 0 Å². The molecule has 0 aliphatic heterocycles. The zero-order valence-electron chi connectivity index (χ0n) is 37.8. The van der Waals surface area contributed by atoms with Crippen LogP contribution in [0.4, 0.5) is 0 Å².